The number of halogens is 2. The Morgan fingerprint density at radius 3 is 2.25 bits per heavy atom. The van der Waals surface area contributed by atoms with E-state index in [1.54, 1.807) is 6.92 Å². The maximum atomic E-state index is 13.0. The van der Waals surface area contributed by atoms with Crippen LogP contribution in [0.5, 0.6) is 0 Å². The summed E-state index contributed by atoms with van der Waals surface area (Å²) in [5.74, 6) is -1.26. The van der Waals surface area contributed by atoms with Gasteiger partial charge in [-0.1, -0.05) is 0 Å². The molecular formula is C15H22F2N2O. The van der Waals surface area contributed by atoms with Crippen molar-refractivity contribution in [2.75, 3.05) is 6.54 Å². The van der Waals surface area contributed by atoms with Crippen LogP contribution in [0.4, 0.5) is 8.78 Å². The van der Waals surface area contributed by atoms with Gasteiger partial charge in [-0.05, 0) is 58.4 Å². The molecule has 0 fully saturated rings. The van der Waals surface area contributed by atoms with E-state index in [1.807, 2.05) is 20.8 Å². The predicted octanol–water partition coefficient (Wildman–Crippen LogP) is 2.40. The fraction of sp³-hybridized carbons (Fsp3) is 0.533. The molecule has 0 aliphatic heterocycles. The molecule has 0 bridgehead atoms. The van der Waals surface area contributed by atoms with Crippen LogP contribution in [0.25, 0.3) is 0 Å². The number of hydrogen-bond acceptors (Lipinski definition) is 2. The second-order valence-corrected chi connectivity index (χ2v) is 5.94. The lowest BCUT2D eigenvalue weighted by molar-refractivity contribution is -0.124. The molecule has 0 heterocycles. The molecule has 2 N–H and O–H groups in total. The zero-order valence-corrected chi connectivity index (χ0v) is 12.4. The van der Waals surface area contributed by atoms with Gasteiger partial charge in [-0.2, -0.15) is 0 Å². The van der Waals surface area contributed by atoms with Crippen LogP contribution in [0.3, 0.4) is 0 Å². The first-order valence-electron chi connectivity index (χ1n) is 6.68. The van der Waals surface area contributed by atoms with Gasteiger partial charge in [-0.3, -0.25) is 4.79 Å². The second-order valence-electron chi connectivity index (χ2n) is 5.94. The highest BCUT2D eigenvalue weighted by atomic mass is 19.1. The molecule has 0 aliphatic carbocycles. The first kappa shape index (κ1) is 16.6. The molecule has 1 unspecified atom stereocenters. The fourth-order valence-electron chi connectivity index (χ4n) is 1.76. The van der Waals surface area contributed by atoms with E-state index in [-0.39, 0.29) is 17.5 Å². The molecule has 0 aliphatic rings. The van der Waals surface area contributed by atoms with Crippen LogP contribution in [-0.2, 0) is 11.2 Å². The highest BCUT2D eigenvalue weighted by Crippen LogP contribution is 2.08. The third kappa shape index (κ3) is 6.10. The molecule has 0 saturated carbocycles. The molecule has 0 radical (unpaired) electrons. The van der Waals surface area contributed by atoms with Gasteiger partial charge in [0.25, 0.3) is 0 Å². The first-order chi connectivity index (χ1) is 9.17. The zero-order chi connectivity index (χ0) is 15.3. The van der Waals surface area contributed by atoms with Crippen LogP contribution in [0.15, 0.2) is 18.2 Å². The summed E-state index contributed by atoms with van der Waals surface area (Å²) in [5.41, 5.74) is 0.289. The van der Waals surface area contributed by atoms with E-state index in [4.69, 9.17) is 0 Å². The quantitative estimate of drug-likeness (QED) is 0.871. The fourth-order valence-corrected chi connectivity index (χ4v) is 1.76. The van der Waals surface area contributed by atoms with E-state index in [2.05, 4.69) is 10.6 Å². The molecule has 1 rings (SSSR count). The van der Waals surface area contributed by atoms with Crippen LogP contribution in [0.2, 0.25) is 0 Å². The number of rotatable bonds is 5. The minimum absolute atomic E-state index is 0.0945. The Balaban J connectivity index is 2.42. The number of amides is 1. The smallest absolute Gasteiger partial charge is 0.237 e. The number of carbonyl (C=O) groups is 1. The summed E-state index contributed by atoms with van der Waals surface area (Å²) in [6.07, 6.45) is 0.460. The molecule has 5 heteroatoms. The Bertz CT molecular complexity index is 449. The maximum absolute atomic E-state index is 13.0. The number of benzene rings is 1. The summed E-state index contributed by atoms with van der Waals surface area (Å²) in [7, 11) is 0. The van der Waals surface area contributed by atoms with Crippen LogP contribution in [0, 0.1) is 11.6 Å². The topological polar surface area (TPSA) is 41.1 Å². The van der Waals surface area contributed by atoms with Crippen molar-refractivity contribution in [3.63, 3.8) is 0 Å². The van der Waals surface area contributed by atoms with Crippen molar-refractivity contribution in [2.45, 2.75) is 45.7 Å². The average Bonchev–Trinajstić information content (AvgIpc) is 2.25. The van der Waals surface area contributed by atoms with E-state index < -0.39 is 11.6 Å². The molecule has 3 nitrogen and oxygen atoms in total. The van der Waals surface area contributed by atoms with Gasteiger partial charge >= 0.3 is 0 Å². The summed E-state index contributed by atoms with van der Waals surface area (Å²) >= 11 is 0. The molecule has 1 aromatic carbocycles. The van der Waals surface area contributed by atoms with Gasteiger partial charge in [0, 0.05) is 11.6 Å². The third-order valence-electron chi connectivity index (χ3n) is 2.68. The molecule has 0 saturated heterocycles. The van der Waals surface area contributed by atoms with Crippen molar-refractivity contribution >= 4 is 5.91 Å². The minimum Gasteiger partial charge on any atom is -0.350 e. The first-order valence-corrected chi connectivity index (χ1v) is 6.68. The van der Waals surface area contributed by atoms with Crippen molar-refractivity contribution in [1.29, 1.82) is 0 Å². The highest BCUT2D eigenvalue weighted by Gasteiger charge is 2.18. The zero-order valence-electron chi connectivity index (χ0n) is 12.4. The van der Waals surface area contributed by atoms with Gasteiger partial charge in [0.1, 0.15) is 11.6 Å². The molecule has 1 atom stereocenters. The van der Waals surface area contributed by atoms with E-state index in [9.17, 15) is 13.6 Å². The number of hydrogen-bond donors (Lipinski definition) is 2. The monoisotopic (exact) mass is 284 g/mol. The molecule has 1 aromatic rings. The molecule has 1 amide bonds. The molecule has 112 valence electrons. The van der Waals surface area contributed by atoms with E-state index in [0.29, 0.717) is 18.5 Å². The van der Waals surface area contributed by atoms with Crippen molar-refractivity contribution < 1.29 is 13.6 Å². The lowest BCUT2D eigenvalue weighted by atomic mass is 10.1. The third-order valence-corrected chi connectivity index (χ3v) is 2.68. The van der Waals surface area contributed by atoms with Crippen LogP contribution in [0.1, 0.15) is 33.3 Å². The number of carbonyl (C=O) groups excluding carboxylic acids is 1. The van der Waals surface area contributed by atoms with Gasteiger partial charge in [0.15, 0.2) is 0 Å². The lowest BCUT2D eigenvalue weighted by Crippen LogP contribution is -2.49. The normalized spacial score (nSPS) is 13.1. The minimum atomic E-state index is -0.585. The van der Waals surface area contributed by atoms with Crippen LogP contribution >= 0.6 is 0 Å². The molecular weight excluding hydrogens is 262 g/mol. The largest absolute Gasteiger partial charge is 0.350 e. The summed E-state index contributed by atoms with van der Waals surface area (Å²) in [4.78, 5) is 11.8. The summed E-state index contributed by atoms with van der Waals surface area (Å²) < 4.78 is 26.0. The Kier molecular flexibility index (Phi) is 5.62. The molecule has 0 spiro atoms. The van der Waals surface area contributed by atoms with Gasteiger partial charge in [-0.15, -0.1) is 0 Å². The highest BCUT2D eigenvalue weighted by molar-refractivity contribution is 5.81. The Morgan fingerprint density at radius 1 is 1.20 bits per heavy atom. The van der Waals surface area contributed by atoms with Crippen molar-refractivity contribution in [3.8, 4) is 0 Å². The van der Waals surface area contributed by atoms with Gasteiger partial charge in [0.05, 0.1) is 6.04 Å². The Labute approximate surface area is 118 Å². The van der Waals surface area contributed by atoms with Gasteiger partial charge < -0.3 is 10.6 Å². The van der Waals surface area contributed by atoms with Crippen molar-refractivity contribution in [1.82, 2.24) is 10.6 Å². The van der Waals surface area contributed by atoms with E-state index >= 15 is 0 Å². The van der Waals surface area contributed by atoms with Gasteiger partial charge in [0.2, 0.25) is 5.91 Å². The van der Waals surface area contributed by atoms with E-state index in [1.165, 1.54) is 12.1 Å². The second kappa shape index (κ2) is 6.79. The SMILES string of the molecule is CC(NCCc1cc(F)cc(F)c1)C(=O)NC(C)(C)C. The van der Waals surface area contributed by atoms with Crippen LogP contribution in [-0.4, -0.2) is 24.0 Å². The predicted molar refractivity (Wildman–Crippen MR) is 75.4 cm³/mol. The van der Waals surface area contributed by atoms with Crippen molar-refractivity contribution in [3.05, 3.63) is 35.4 Å². The molecule has 0 aromatic heterocycles. The Hall–Kier alpha value is -1.49. The average molecular weight is 284 g/mol. The van der Waals surface area contributed by atoms with E-state index in [0.717, 1.165) is 6.07 Å². The summed E-state index contributed by atoms with van der Waals surface area (Å²) in [6, 6.07) is 3.08. The number of nitrogens with one attached hydrogen (secondary N) is 2. The lowest BCUT2D eigenvalue weighted by Gasteiger charge is -2.23. The van der Waals surface area contributed by atoms with Crippen LogP contribution < -0.4 is 10.6 Å². The molecule has 20 heavy (non-hydrogen) atoms. The Morgan fingerprint density at radius 2 is 1.75 bits per heavy atom. The summed E-state index contributed by atoms with van der Waals surface area (Å²) in [5, 5.41) is 5.90. The summed E-state index contributed by atoms with van der Waals surface area (Å²) in [6.45, 7) is 7.96. The standard InChI is InChI=1S/C15H22F2N2O/c1-10(14(20)19-15(2,3)4)18-6-5-11-7-12(16)9-13(17)8-11/h7-10,18H,5-6H2,1-4H3,(H,19,20). The maximum Gasteiger partial charge on any atom is 0.237 e. The van der Waals surface area contributed by atoms with Gasteiger partial charge in [-0.25, -0.2) is 8.78 Å². The van der Waals surface area contributed by atoms with Crippen molar-refractivity contribution in [2.24, 2.45) is 0 Å².